The number of nitrogens with zero attached hydrogens (tertiary/aromatic N) is 4. The summed E-state index contributed by atoms with van der Waals surface area (Å²) >= 11 is 1.48. The van der Waals surface area contributed by atoms with Gasteiger partial charge in [-0.1, -0.05) is 6.07 Å². The molecule has 1 aliphatic rings. The van der Waals surface area contributed by atoms with Gasteiger partial charge in [0.1, 0.15) is 11.6 Å². The van der Waals surface area contributed by atoms with Crippen molar-refractivity contribution in [2.75, 3.05) is 56.8 Å². The molecule has 1 saturated heterocycles. The largest absolute Gasteiger partial charge is 0.497 e. The molecule has 0 aliphatic carbocycles. The van der Waals surface area contributed by atoms with E-state index in [2.05, 4.69) is 31.3 Å². The van der Waals surface area contributed by atoms with E-state index in [0.717, 1.165) is 49.3 Å². The zero-order chi connectivity index (χ0) is 16.1. The summed E-state index contributed by atoms with van der Waals surface area (Å²) in [5.41, 5.74) is 1.21. The highest BCUT2D eigenvalue weighted by atomic mass is 32.1. The quantitative estimate of drug-likeness (QED) is 0.806. The van der Waals surface area contributed by atoms with E-state index in [1.54, 1.807) is 14.2 Å². The summed E-state index contributed by atoms with van der Waals surface area (Å²) in [6.07, 6.45) is 0.775. The fraction of sp³-hybridized carbons (Fsp3) is 0.500. The Balaban J connectivity index is 1.58. The van der Waals surface area contributed by atoms with Crippen LogP contribution in [0.2, 0.25) is 0 Å². The van der Waals surface area contributed by atoms with Crippen molar-refractivity contribution in [2.24, 2.45) is 0 Å². The van der Waals surface area contributed by atoms with Gasteiger partial charge in [-0.15, -0.1) is 0 Å². The van der Waals surface area contributed by atoms with E-state index in [-0.39, 0.29) is 0 Å². The molecule has 0 bridgehead atoms. The maximum Gasteiger partial charge on any atom is 0.205 e. The molecule has 0 spiro atoms. The number of hydrogen-bond acceptors (Lipinski definition) is 7. The van der Waals surface area contributed by atoms with Crippen molar-refractivity contribution in [3.8, 4) is 5.75 Å². The van der Waals surface area contributed by atoms with Crippen LogP contribution in [0.15, 0.2) is 24.3 Å². The second kappa shape index (κ2) is 7.61. The molecular formula is C16H22N4O2S. The highest BCUT2D eigenvalue weighted by molar-refractivity contribution is 7.09. The molecule has 0 radical (unpaired) electrons. The number of methoxy groups -OCH3 is 2. The maximum atomic E-state index is 5.31. The summed E-state index contributed by atoms with van der Waals surface area (Å²) in [5, 5.41) is 1.02. The molecule has 1 aliphatic heterocycles. The van der Waals surface area contributed by atoms with Crippen molar-refractivity contribution >= 4 is 22.4 Å². The molecule has 0 saturated carbocycles. The van der Waals surface area contributed by atoms with Crippen LogP contribution in [0, 0.1) is 0 Å². The predicted octanol–water partition coefficient (Wildman–Crippen LogP) is 2.06. The van der Waals surface area contributed by atoms with Gasteiger partial charge < -0.3 is 19.3 Å². The van der Waals surface area contributed by atoms with Crippen molar-refractivity contribution in [1.29, 1.82) is 0 Å². The van der Waals surface area contributed by atoms with E-state index in [4.69, 9.17) is 9.47 Å². The highest BCUT2D eigenvalue weighted by Crippen LogP contribution is 2.24. The van der Waals surface area contributed by atoms with E-state index in [9.17, 15) is 0 Å². The molecule has 3 rings (SSSR count). The van der Waals surface area contributed by atoms with E-state index >= 15 is 0 Å². The Morgan fingerprint density at radius 1 is 1.13 bits per heavy atom. The number of hydrogen-bond donors (Lipinski definition) is 0. The lowest BCUT2D eigenvalue weighted by atomic mass is 10.2. The fourth-order valence-electron chi connectivity index (χ4n) is 2.63. The molecule has 1 aromatic carbocycles. The van der Waals surface area contributed by atoms with Crippen molar-refractivity contribution in [3.05, 3.63) is 30.1 Å². The summed E-state index contributed by atoms with van der Waals surface area (Å²) in [4.78, 5) is 9.30. The lowest BCUT2D eigenvalue weighted by Gasteiger charge is -2.35. The van der Waals surface area contributed by atoms with E-state index < -0.39 is 0 Å². The number of rotatable bonds is 6. The first-order valence-electron chi connectivity index (χ1n) is 7.75. The SMILES string of the molecule is COCCc1nsc(N2CCN(c3cccc(OC)c3)CC2)n1. The molecule has 0 atom stereocenters. The number of aromatic nitrogens is 2. The topological polar surface area (TPSA) is 50.7 Å². The average Bonchev–Trinajstić information content (AvgIpc) is 3.09. The monoisotopic (exact) mass is 334 g/mol. The molecule has 2 heterocycles. The smallest absolute Gasteiger partial charge is 0.205 e. The molecule has 0 amide bonds. The van der Waals surface area contributed by atoms with Crippen LogP contribution in [0.3, 0.4) is 0 Å². The van der Waals surface area contributed by atoms with Crippen LogP contribution in [-0.2, 0) is 11.2 Å². The van der Waals surface area contributed by atoms with Crippen LogP contribution >= 0.6 is 11.5 Å². The Morgan fingerprint density at radius 3 is 2.65 bits per heavy atom. The molecule has 1 fully saturated rings. The van der Waals surface area contributed by atoms with E-state index in [1.165, 1.54) is 17.2 Å². The van der Waals surface area contributed by atoms with Crippen LogP contribution in [0.4, 0.5) is 10.8 Å². The summed E-state index contributed by atoms with van der Waals surface area (Å²) in [7, 11) is 3.40. The van der Waals surface area contributed by atoms with Gasteiger partial charge in [-0.25, -0.2) is 4.98 Å². The number of benzene rings is 1. The summed E-state index contributed by atoms with van der Waals surface area (Å²) in [5.74, 6) is 1.78. The average molecular weight is 334 g/mol. The second-order valence-corrected chi connectivity index (χ2v) is 6.14. The molecule has 0 unspecified atom stereocenters. The van der Waals surface area contributed by atoms with Gasteiger partial charge in [-0.2, -0.15) is 4.37 Å². The van der Waals surface area contributed by atoms with Crippen LogP contribution in [0.25, 0.3) is 0 Å². The van der Waals surface area contributed by atoms with Crippen molar-refractivity contribution < 1.29 is 9.47 Å². The minimum atomic E-state index is 0.666. The summed E-state index contributed by atoms with van der Waals surface area (Å²) in [6.45, 7) is 4.52. The first-order valence-corrected chi connectivity index (χ1v) is 8.53. The summed E-state index contributed by atoms with van der Waals surface area (Å²) in [6, 6.07) is 8.23. The van der Waals surface area contributed by atoms with Gasteiger partial charge in [-0.05, 0) is 12.1 Å². The maximum absolute atomic E-state index is 5.31. The van der Waals surface area contributed by atoms with Gasteiger partial charge in [0.15, 0.2) is 0 Å². The number of anilines is 2. The van der Waals surface area contributed by atoms with Crippen LogP contribution < -0.4 is 14.5 Å². The van der Waals surface area contributed by atoms with Gasteiger partial charge in [0.25, 0.3) is 0 Å². The number of ether oxygens (including phenoxy) is 2. The van der Waals surface area contributed by atoms with Crippen molar-refractivity contribution in [2.45, 2.75) is 6.42 Å². The minimum Gasteiger partial charge on any atom is -0.497 e. The molecule has 2 aromatic rings. The third kappa shape index (κ3) is 3.92. The normalized spacial score (nSPS) is 15.0. The predicted molar refractivity (Wildman–Crippen MR) is 92.9 cm³/mol. The second-order valence-electron chi connectivity index (χ2n) is 5.41. The first kappa shape index (κ1) is 16.0. The van der Waals surface area contributed by atoms with Gasteiger partial charge in [0.05, 0.1) is 13.7 Å². The molecule has 1 aromatic heterocycles. The lowest BCUT2D eigenvalue weighted by molar-refractivity contribution is 0.201. The first-order chi connectivity index (χ1) is 11.3. The van der Waals surface area contributed by atoms with Gasteiger partial charge in [0.2, 0.25) is 5.13 Å². The Kier molecular flexibility index (Phi) is 5.30. The van der Waals surface area contributed by atoms with Gasteiger partial charge in [0, 0.05) is 63.0 Å². The highest BCUT2D eigenvalue weighted by Gasteiger charge is 2.20. The van der Waals surface area contributed by atoms with Crippen molar-refractivity contribution in [3.63, 3.8) is 0 Å². The Hall–Kier alpha value is -1.86. The molecule has 23 heavy (non-hydrogen) atoms. The number of piperazine rings is 1. The third-order valence-corrected chi connectivity index (χ3v) is 4.77. The van der Waals surface area contributed by atoms with Crippen LogP contribution in [-0.4, -0.2) is 56.4 Å². The standard InChI is InChI=1S/C16H22N4O2S/c1-21-11-6-15-17-16(23-18-15)20-9-7-19(8-10-20)13-4-3-5-14(12-13)22-2/h3-5,12H,6-11H2,1-2H3. The Bertz CT molecular complexity index is 626. The molecule has 7 heteroatoms. The molecule has 0 N–H and O–H groups in total. The van der Waals surface area contributed by atoms with Crippen LogP contribution in [0.1, 0.15) is 5.82 Å². The van der Waals surface area contributed by atoms with E-state index in [0.29, 0.717) is 6.61 Å². The van der Waals surface area contributed by atoms with Gasteiger partial charge in [-0.3, -0.25) is 0 Å². The molecular weight excluding hydrogens is 312 g/mol. The molecule has 6 nitrogen and oxygen atoms in total. The minimum absolute atomic E-state index is 0.666. The third-order valence-electron chi connectivity index (χ3n) is 3.96. The zero-order valence-electron chi connectivity index (χ0n) is 13.6. The zero-order valence-corrected chi connectivity index (χ0v) is 14.4. The Morgan fingerprint density at radius 2 is 1.91 bits per heavy atom. The Labute approximate surface area is 140 Å². The fourth-order valence-corrected chi connectivity index (χ4v) is 3.39. The van der Waals surface area contributed by atoms with Crippen molar-refractivity contribution in [1.82, 2.24) is 9.36 Å². The van der Waals surface area contributed by atoms with Crippen LogP contribution in [0.5, 0.6) is 5.75 Å². The molecule has 124 valence electrons. The van der Waals surface area contributed by atoms with E-state index in [1.807, 2.05) is 12.1 Å². The summed E-state index contributed by atoms with van der Waals surface area (Å²) < 4.78 is 14.8. The lowest BCUT2D eigenvalue weighted by Crippen LogP contribution is -2.46. The van der Waals surface area contributed by atoms with Gasteiger partial charge >= 0.3 is 0 Å².